The van der Waals surface area contributed by atoms with Crippen molar-refractivity contribution in [3.05, 3.63) is 41.5 Å². The van der Waals surface area contributed by atoms with Crippen LogP contribution >= 0.6 is 12.4 Å². The summed E-state index contributed by atoms with van der Waals surface area (Å²) in [7, 11) is 0. The van der Waals surface area contributed by atoms with Crippen molar-refractivity contribution in [3.63, 3.8) is 0 Å². The number of nitrogens with one attached hydrogen (secondary N) is 1. The van der Waals surface area contributed by atoms with Crippen molar-refractivity contribution in [2.24, 2.45) is 0 Å². The molecule has 1 aromatic heterocycles. The van der Waals surface area contributed by atoms with Crippen molar-refractivity contribution in [1.82, 2.24) is 19.7 Å². The van der Waals surface area contributed by atoms with Crippen LogP contribution < -0.4 is 5.32 Å². The Balaban J connectivity index is 0.00000121. The van der Waals surface area contributed by atoms with Gasteiger partial charge in [0.15, 0.2) is 0 Å². The highest BCUT2D eigenvalue weighted by Crippen LogP contribution is 2.28. The molecule has 2 aliphatic rings. The summed E-state index contributed by atoms with van der Waals surface area (Å²) in [4.78, 5) is 2.44. The van der Waals surface area contributed by atoms with Gasteiger partial charge < -0.3 is 9.88 Å². The second-order valence-electron chi connectivity index (χ2n) is 5.28. The molecule has 0 bridgehead atoms. The standard InChI is InChI=1S/C14H17N5.ClH/c1-2-11-4-5-15-14(11)12(3-1)8-18-6-7-19-10-16-17-13(19)9-18;/h1-3,10,15H,4-9H2;1H. The van der Waals surface area contributed by atoms with Gasteiger partial charge >= 0.3 is 0 Å². The van der Waals surface area contributed by atoms with Crippen LogP contribution in [0.3, 0.4) is 0 Å². The Hall–Kier alpha value is -1.59. The molecular weight excluding hydrogens is 274 g/mol. The number of rotatable bonds is 2. The Bertz CT molecular complexity index is 609. The maximum atomic E-state index is 4.18. The number of halogens is 1. The van der Waals surface area contributed by atoms with Crippen LogP contribution in [0.5, 0.6) is 0 Å². The lowest BCUT2D eigenvalue weighted by atomic mass is 10.1. The quantitative estimate of drug-likeness (QED) is 0.914. The fraction of sp³-hybridized carbons (Fsp3) is 0.429. The van der Waals surface area contributed by atoms with E-state index in [2.05, 4.69) is 43.2 Å². The molecule has 0 unspecified atom stereocenters. The van der Waals surface area contributed by atoms with Gasteiger partial charge in [-0.2, -0.15) is 0 Å². The van der Waals surface area contributed by atoms with Crippen molar-refractivity contribution < 1.29 is 0 Å². The normalized spacial score (nSPS) is 17.0. The minimum absolute atomic E-state index is 0. The molecule has 4 rings (SSSR count). The van der Waals surface area contributed by atoms with E-state index in [0.717, 1.165) is 45.0 Å². The van der Waals surface area contributed by atoms with E-state index >= 15 is 0 Å². The topological polar surface area (TPSA) is 46.0 Å². The molecule has 2 aliphatic heterocycles. The van der Waals surface area contributed by atoms with Gasteiger partial charge in [0.05, 0.1) is 6.54 Å². The van der Waals surface area contributed by atoms with Gasteiger partial charge in [-0.15, -0.1) is 22.6 Å². The molecule has 0 saturated carbocycles. The van der Waals surface area contributed by atoms with Gasteiger partial charge in [-0.05, 0) is 17.5 Å². The summed E-state index contributed by atoms with van der Waals surface area (Å²) in [5, 5.41) is 11.7. The van der Waals surface area contributed by atoms with Gasteiger partial charge in [-0.3, -0.25) is 4.90 Å². The molecule has 0 saturated heterocycles. The van der Waals surface area contributed by atoms with Crippen LogP contribution in [0.15, 0.2) is 24.5 Å². The first-order chi connectivity index (χ1) is 9.40. The molecule has 0 amide bonds. The third-order valence-electron chi connectivity index (χ3n) is 4.04. The van der Waals surface area contributed by atoms with Crippen LogP contribution in [0, 0.1) is 0 Å². The van der Waals surface area contributed by atoms with Gasteiger partial charge in [-0.1, -0.05) is 18.2 Å². The van der Waals surface area contributed by atoms with E-state index in [4.69, 9.17) is 0 Å². The molecule has 5 nitrogen and oxygen atoms in total. The zero-order valence-corrected chi connectivity index (χ0v) is 12.1. The summed E-state index contributed by atoms with van der Waals surface area (Å²) in [6.45, 7) is 5.01. The Labute approximate surface area is 124 Å². The van der Waals surface area contributed by atoms with Crippen LogP contribution in [0.4, 0.5) is 5.69 Å². The van der Waals surface area contributed by atoms with Crippen LogP contribution in [-0.2, 0) is 26.1 Å². The van der Waals surface area contributed by atoms with Crippen molar-refractivity contribution in [2.75, 3.05) is 18.4 Å². The number of aromatic nitrogens is 3. The van der Waals surface area contributed by atoms with Crippen LogP contribution in [-0.4, -0.2) is 32.8 Å². The van der Waals surface area contributed by atoms with E-state index in [1.165, 1.54) is 16.8 Å². The zero-order valence-electron chi connectivity index (χ0n) is 11.2. The van der Waals surface area contributed by atoms with Gasteiger partial charge in [0.25, 0.3) is 0 Å². The third kappa shape index (κ3) is 2.27. The molecule has 1 N–H and O–H groups in total. The average Bonchev–Trinajstić information content (AvgIpc) is 3.06. The molecule has 0 radical (unpaired) electrons. The lowest BCUT2D eigenvalue weighted by Gasteiger charge is -2.27. The van der Waals surface area contributed by atoms with Crippen molar-refractivity contribution in [1.29, 1.82) is 0 Å². The molecule has 0 atom stereocenters. The summed E-state index contributed by atoms with van der Waals surface area (Å²) in [5.74, 6) is 1.08. The van der Waals surface area contributed by atoms with Crippen LogP contribution in [0.2, 0.25) is 0 Å². The van der Waals surface area contributed by atoms with Crippen molar-refractivity contribution >= 4 is 18.1 Å². The molecule has 0 spiro atoms. The van der Waals surface area contributed by atoms with Crippen molar-refractivity contribution in [2.45, 2.75) is 26.1 Å². The van der Waals surface area contributed by atoms with Gasteiger partial charge in [-0.25, -0.2) is 0 Å². The molecule has 0 aliphatic carbocycles. The number of anilines is 1. The van der Waals surface area contributed by atoms with Gasteiger partial charge in [0.1, 0.15) is 12.2 Å². The maximum absolute atomic E-state index is 4.18. The first-order valence-electron chi connectivity index (χ1n) is 6.84. The summed E-state index contributed by atoms with van der Waals surface area (Å²) in [6.07, 6.45) is 2.98. The van der Waals surface area contributed by atoms with E-state index in [9.17, 15) is 0 Å². The van der Waals surface area contributed by atoms with E-state index < -0.39 is 0 Å². The summed E-state index contributed by atoms with van der Waals surface area (Å²) in [6, 6.07) is 6.63. The lowest BCUT2D eigenvalue weighted by Crippen LogP contribution is -2.33. The van der Waals surface area contributed by atoms with Crippen LogP contribution in [0.1, 0.15) is 17.0 Å². The molecule has 3 heterocycles. The van der Waals surface area contributed by atoms with Crippen LogP contribution in [0.25, 0.3) is 0 Å². The zero-order chi connectivity index (χ0) is 12.7. The summed E-state index contributed by atoms with van der Waals surface area (Å²) >= 11 is 0. The Morgan fingerprint density at radius 3 is 3.15 bits per heavy atom. The predicted octanol–water partition coefficient (Wildman–Crippen LogP) is 1.68. The second-order valence-corrected chi connectivity index (χ2v) is 5.28. The highest BCUT2D eigenvalue weighted by Gasteiger charge is 2.20. The molecule has 20 heavy (non-hydrogen) atoms. The molecule has 6 heteroatoms. The molecule has 2 aromatic rings. The fourth-order valence-electron chi connectivity index (χ4n) is 3.03. The lowest BCUT2D eigenvalue weighted by molar-refractivity contribution is 0.209. The summed E-state index contributed by atoms with van der Waals surface area (Å²) < 4.78 is 2.14. The Morgan fingerprint density at radius 2 is 2.20 bits per heavy atom. The minimum atomic E-state index is 0. The molecule has 0 fully saturated rings. The number of hydrogen-bond acceptors (Lipinski definition) is 4. The first kappa shape index (κ1) is 13.4. The third-order valence-corrected chi connectivity index (χ3v) is 4.04. The number of nitrogens with zero attached hydrogens (tertiary/aromatic N) is 4. The van der Waals surface area contributed by atoms with E-state index in [1.54, 1.807) is 0 Å². The second kappa shape index (κ2) is 5.42. The number of fused-ring (bicyclic) bond motifs is 2. The maximum Gasteiger partial charge on any atom is 0.147 e. The van der Waals surface area contributed by atoms with E-state index in [0.29, 0.717) is 0 Å². The van der Waals surface area contributed by atoms with Gasteiger partial charge in [0.2, 0.25) is 0 Å². The summed E-state index contributed by atoms with van der Waals surface area (Å²) in [5.41, 5.74) is 4.22. The molecular formula is C14H18ClN5. The minimum Gasteiger partial charge on any atom is -0.384 e. The van der Waals surface area contributed by atoms with E-state index in [-0.39, 0.29) is 12.4 Å². The molecule has 106 valence electrons. The smallest absolute Gasteiger partial charge is 0.147 e. The predicted molar refractivity (Wildman–Crippen MR) is 80.0 cm³/mol. The average molecular weight is 292 g/mol. The van der Waals surface area contributed by atoms with Gasteiger partial charge in [0, 0.05) is 31.9 Å². The Kier molecular flexibility index (Phi) is 3.63. The SMILES string of the molecule is Cl.c1cc2c(c(CN3CCn4cnnc4C3)c1)NCC2. The first-order valence-corrected chi connectivity index (χ1v) is 6.84. The highest BCUT2D eigenvalue weighted by molar-refractivity contribution is 5.85. The number of benzene rings is 1. The number of para-hydroxylation sites is 1. The van der Waals surface area contributed by atoms with Crippen molar-refractivity contribution in [3.8, 4) is 0 Å². The number of hydrogen-bond donors (Lipinski definition) is 1. The highest BCUT2D eigenvalue weighted by atomic mass is 35.5. The molecule has 1 aromatic carbocycles. The largest absolute Gasteiger partial charge is 0.384 e. The van der Waals surface area contributed by atoms with E-state index in [1.807, 2.05) is 6.33 Å². The Morgan fingerprint density at radius 1 is 1.25 bits per heavy atom. The fourth-order valence-corrected chi connectivity index (χ4v) is 3.03. The monoisotopic (exact) mass is 291 g/mol.